The fraction of sp³-hybridized carbons (Fsp3) is 0.571. The minimum atomic E-state index is -0.467. The summed E-state index contributed by atoms with van der Waals surface area (Å²) in [6.45, 7) is 1.01. The molecule has 1 heterocycles. The monoisotopic (exact) mass is 167 g/mol. The smallest absolute Gasteiger partial charge is 0.253 e. The van der Waals surface area contributed by atoms with Crippen molar-refractivity contribution in [3.05, 3.63) is 22.0 Å². The van der Waals surface area contributed by atoms with Crippen LogP contribution in [-0.2, 0) is 0 Å². The van der Waals surface area contributed by atoms with Crippen LogP contribution in [0.15, 0.2) is 11.9 Å². The van der Waals surface area contributed by atoms with E-state index in [9.17, 15) is 10.1 Å². The maximum atomic E-state index is 10.1. The Bertz CT molecular complexity index is 254. The highest BCUT2D eigenvalue weighted by Gasteiger charge is 2.18. The van der Waals surface area contributed by atoms with Crippen molar-refractivity contribution in [1.29, 1.82) is 5.26 Å². The van der Waals surface area contributed by atoms with Gasteiger partial charge in [0.05, 0.1) is 16.7 Å². The van der Waals surface area contributed by atoms with E-state index in [1.54, 1.807) is 4.90 Å². The van der Waals surface area contributed by atoms with Gasteiger partial charge in [0.25, 0.3) is 6.20 Å². The van der Waals surface area contributed by atoms with Gasteiger partial charge in [0, 0.05) is 6.54 Å². The highest BCUT2D eigenvalue weighted by atomic mass is 16.6. The van der Waals surface area contributed by atoms with Gasteiger partial charge in [-0.3, -0.25) is 10.1 Å². The summed E-state index contributed by atoms with van der Waals surface area (Å²) in [6.07, 6.45) is 2.61. The molecule has 0 aromatic rings. The summed E-state index contributed by atoms with van der Waals surface area (Å²) in [7, 11) is 0. The van der Waals surface area contributed by atoms with Crippen LogP contribution in [0.2, 0.25) is 0 Å². The quantitative estimate of drug-likeness (QED) is 0.345. The molecule has 0 aromatic heterocycles. The van der Waals surface area contributed by atoms with E-state index in [1.165, 1.54) is 0 Å². The van der Waals surface area contributed by atoms with Crippen LogP contribution < -0.4 is 0 Å². The van der Waals surface area contributed by atoms with Gasteiger partial charge in [-0.2, -0.15) is 5.26 Å². The van der Waals surface area contributed by atoms with Crippen molar-refractivity contribution in [2.24, 2.45) is 0 Å². The van der Waals surface area contributed by atoms with E-state index in [1.807, 2.05) is 6.07 Å². The van der Waals surface area contributed by atoms with Crippen LogP contribution in [0.25, 0.3) is 0 Å². The van der Waals surface area contributed by atoms with Crippen LogP contribution in [0.5, 0.6) is 0 Å². The predicted molar refractivity (Wildman–Crippen MR) is 41.5 cm³/mol. The number of allylic oxidation sites excluding steroid dienone is 1. The Morgan fingerprint density at radius 1 is 1.83 bits per heavy atom. The first-order valence-corrected chi connectivity index (χ1v) is 3.70. The lowest BCUT2D eigenvalue weighted by Gasteiger charge is -2.12. The van der Waals surface area contributed by atoms with Crippen LogP contribution in [0.3, 0.4) is 0 Å². The average Bonchev–Trinajstić information content (AvgIpc) is 2.37. The van der Waals surface area contributed by atoms with E-state index < -0.39 is 4.92 Å². The van der Waals surface area contributed by atoms with E-state index in [0.717, 1.165) is 19.2 Å². The average molecular weight is 167 g/mol. The molecule has 0 N–H and O–H groups in total. The number of likely N-dealkylation sites (tertiary alicyclic amines) is 1. The molecule has 1 saturated heterocycles. The lowest BCUT2D eigenvalue weighted by Crippen LogP contribution is -2.18. The Morgan fingerprint density at radius 2 is 2.58 bits per heavy atom. The number of hydrogen-bond acceptors (Lipinski definition) is 4. The second-order valence-electron chi connectivity index (χ2n) is 2.59. The van der Waals surface area contributed by atoms with Gasteiger partial charge in [0.15, 0.2) is 0 Å². The molecule has 0 aromatic carbocycles. The topological polar surface area (TPSA) is 70.2 Å². The summed E-state index contributed by atoms with van der Waals surface area (Å²) in [6, 6.07) is 1.98. The first kappa shape index (κ1) is 8.53. The Kier molecular flexibility index (Phi) is 2.64. The lowest BCUT2D eigenvalue weighted by molar-refractivity contribution is -0.404. The molecule has 1 fully saturated rings. The van der Waals surface area contributed by atoms with Crippen molar-refractivity contribution < 1.29 is 4.92 Å². The molecule has 0 unspecified atom stereocenters. The first-order chi connectivity index (χ1) is 5.74. The molecular formula is C7H9N3O2. The molecule has 12 heavy (non-hydrogen) atoms. The molecule has 0 atom stereocenters. The minimum Gasteiger partial charge on any atom is -0.357 e. The number of hydrogen-bond donors (Lipinski definition) is 0. The molecule has 0 amide bonds. The van der Waals surface area contributed by atoms with Crippen molar-refractivity contribution in [3.63, 3.8) is 0 Å². The zero-order chi connectivity index (χ0) is 8.97. The number of nitriles is 1. The van der Waals surface area contributed by atoms with Crippen LogP contribution in [0.4, 0.5) is 0 Å². The molecule has 0 radical (unpaired) electrons. The van der Waals surface area contributed by atoms with Crippen molar-refractivity contribution in [2.45, 2.75) is 12.8 Å². The van der Waals surface area contributed by atoms with E-state index in [-0.39, 0.29) is 6.54 Å². The van der Waals surface area contributed by atoms with E-state index >= 15 is 0 Å². The molecule has 0 bridgehead atoms. The van der Waals surface area contributed by atoms with Gasteiger partial charge in [-0.15, -0.1) is 0 Å². The SMILES string of the molecule is N#CCN1CCC/C1=C\[N+](=O)[O-]. The lowest BCUT2D eigenvalue weighted by atomic mass is 10.3. The van der Waals surface area contributed by atoms with Crippen molar-refractivity contribution in [2.75, 3.05) is 13.1 Å². The van der Waals surface area contributed by atoms with Crippen LogP contribution >= 0.6 is 0 Å². The summed E-state index contributed by atoms with van der Waals surface area (Å²) in [5.74, 6) is 0. The minimum absolute atomic E-state index is 0.250. The molecular weight excluding hydrogens is 158 g/mol. The fourth-order valence-corrected chi connectivity index (χ4v) is 1.29. The molecule has 1 rings (SSSR count). The zero-order valence-electron chi connectivity index (χ0n) is 6.56. The highest BCUT2D eigenvalue weighted by Crippen LogP contribution is 2.19. The largest absolute Gasteiger partial charge is 0.357 e. The Morgan fingerprint density at radius 3 is 3.17 bits per heavy atom. The van der Waals surface area contributed by atoms with Crippen molar-refractivity contribution in [1.82, 2.24) is 4.90 Å². The van der Waals surface area contributed by atoms with Crippen LogP contribution in [0, 0.1) is 21.4 Å². The van der Waals surface area contributed by atoms with Gasteiger partial charge in [0.1, 0.15) is 6.54 Å². The Labute approximate surface area is 70.0 Å². The van der Waals surface area contributed by atoms with Gasteiger partial charge in [-0.1, -0.05) is 0 Å². The maximum absolute atomic E-state index is 10.1. The third-order valence-electron chi connectivity index (χ3n) is 1.78. The number of rotatable bonds is 2. The third-order valence-corrected chi connectivity index (χ3v) is 1.78. The summed E-state index contributed by atoms with van der Waals surface area (Å²) in [5.41, 5.74) is 0.668. The summed E-state index contributed by atoms with van der Waals surface area (Å²) >= 11 is 0. The third kappa shape index (κ3) is 1.95. The van der Waals surface area contributed by atoms with E-state index in [4.69, 9.17) is 5.26 Å². The molecule has 0 spiro atoms. The molecule has 5 heteroatoms. The standard InChI is InChI=1S/C7H9N3O2/c8-3-5-9-4-1-2-7(9)6-10(11)12/h6H,1-2,4-5H2/b7-6+. The van der Waals surface area contributed by atoms with Gasteiger partial charge >= 0.3 is 0 Å². The van der Waals surface area contributed by atoms with Gasteiger partial charge in [-0.25, -0.2) is 0 Å². The second-order valence-corrected chi connectivity index (χ2v) is 2.59. The predicted octanol–water partition coefficient (Wildman–Crippen LogP) is 0.724. The zero-order valence-corrected chi connectivity index (χ0v) is 6.56. The summed E-state index contributed by atoms with van der Waals surface area (Å²) in [4.78, 5) is 11.4. The first-order valence-electron chi connectivity index (χ1n) is 3.70. The van der Waals surface area contributed by atoms with Crippen molar-refractivity contribution >= 4 is 0 Å². The maximum Gasteiger partial charge on any atom is 0.253 e. The van der Waals surface area contributed by atoms with Crippen LogP contribution in [0.1, 0.15) is 12.8 Å². The fourth-order valence-electron chi connectivity index (χ4n) is 1.29. The molecule has 64 valence electrons. The summed E-state index contributed by atoms with van der Waals surface area (Å²) < 4.78 is 0. The Hall–Kier alpha value is -1.57. The number of nitro groups is 1. The van der Waals surface area contributed by atoms with Crippen LogP contribution in [-0.4, -0.2) is 22.9 Å². The Balaban J connectivity index is 2.64. The molecule has 1 aliphatic heterocycles. The molecule has 0 saturated carbocycles. The van der Waals surface area contributed by atoms with Gasteiger partial charge in [0.2, 0.25) is 0 Å². The van der Waals surface area contributed by atoms with Gasteiger partial charge < -0.3 is 4.90 Å². The van der Waals surface area contributed by atoms with E-state index in [0.29, 0.717) is 12.1 Å². The van der Waals surface area contributed by atoms with Crippen molar-refractivity contribution in [3.8, 4) is 6.07 Å². The molecule has 5 nitrogen and oxygen atoms in total. The molecule has 0 aliphatic carbocycles. The van der Waals surface area contributed by atoms with E-state index in [2.05, 4.69) is 0 Å². The highest BCUT2D eigenvalue weighted by molar-refractivity contribution is 5.04. The second kappa shape index (κ2) is 3.72. The molecule has 1 aliphatic rings. The normalized spacial score (nSPS) is 19.6. The number of nitrogens with zero attached hydrogens (tertiary/aromatic N) is 3. The summed E-state index contributed by atoms with van der Waals surface area (Å²) in [5, 5.41) is 18.5. The van der Waals surface area contributed by atoms with Gasteiger partial charge in [-0.05, 0) is 12.8 Å².